The van der Waals surface area contributed by atoms with Crippen LogP contribution in [0.25, 0.3) is 10.8 Å². The van der Waals surface area contributed by atoms with Crippen molar-refractivity contribution in [2.24, 2.45) is 0 Å². The van der Waals surface area contributed by atoms with Gasteiger partial charge in [0, 0.05) is 55.7 Å². The Morgan fingerprint density at radius 1 is 1.09 bits per heavy atom. The number of non-ortho nitro benzene ring substituents is 1. The molecule has 1 saturated heterocycles. The topological polar surface area (TPSA) is 91.6 Å². The number of alkyl halides is 3. The van der Waals surface area contributed by atoms with Crippen LogP contribution in [0.5, 0.6) is 0 Å². The first-order chi connectivity index (χ1) is 16.2. The number of hydrogen-bond acceptors (Lipinski definition) is 6. The van der Waals surface area contributed by atoms with E-state index in [0.717, 1.165) is 11.8 Å². The molecule has 1 aliphatic rings. The Bertz CT molecular complexity index is 1230. The maximum Gasteiger partial charge on any atom is 0.418 e. The highest BCUT2D eigenvalue weighted by atomic mass is 19.4. The van der Waals surface area contributed by atoms with Crippen LogP contribution in [0.4, 0.5) is 30.2 Å². The summed E-state index contributed by atoms with van der Waals surface area (Å²) in [6, 6.07) is 9.15. The number of carbonyl (C=O) groups is 1. The molecule has 1 atom stereocenters. The molecule has 0 spiro atoms. The Kier molecular flexibility index (Phi) is 6.38. The molecule has 0 bridgehead atoms. The fraction of sp³-hybridized carbons (Fsp3) is 0.304. The number of amides is 1. The molecule has 0 unspecified atom stereocenters. The molecule has 2 heterocycles. The van der Waals surface area contributed by atoms with E-state index in [4.69, 9.17) is 0 Å². The van der Waals surface area contributed by atoms with Gasteiger partial charge in [0.1, 0.15) is 0 Å². The van der Waals surface area contributed by atoms with Gasteiger partial charge >= 0.3 is 6.18 Å². The van der Waals surface area contributed by atoms with Crippen molar-refractivity contribution in [1.29, 1.82) is 0 Å². The Morgan fingerprint density at radius 3 is 2.47 bits per heavy atom. The highest BCUT2D eigenvalue weighted by Crippen LogP contribution is 2.35. The van der Waals surface area contributed by atoms with Gasteiger partial charge in [-0.2, -0.15) is 13.2 Å². The molecule has 3 aromatic rings. The number of halogens is 3. The van der Waals surface area contributed by atoms with E-state index in [1.807, 2.05) is 4.90 Å². The van der Waals surface area contributed by atoms with Crippen LogP contribution in [0.15, 0.2) is 54.9 Å². The van der Waals surface area contributed by atoms with E-state index in [2.05, 4.69) is 15.2 Å². The zero-order chi connectivity index (χ0) is 24.5. The highest BCUT2D eigenvalue weighted by molar-refractivity contribution is 5.99. The summed E-state index contributed by atoms with van der Waals surface area (Å²) in [6.07, 6.45) is -1.52. The van der Waals surface area contributed by atoms with Crippen molar-refractivity contribution >= 4 is 33.7 Å². The van der Waals surface area contributed by atoms with Crippen LogP contribution in [-0.2, 0) is 11.0 Å². The standard InChI is InChI=1S/C23H22F3N5O3/c1-15(22(32)28-19-5-3-2-4-18(19)23(24,25)26)29-10-12-30(13-11-29)20-6-7-21(31(33)34)17-14-27-9-8-16(17)20/h2-9,14-15H,10-13H2,1H3,(H,28,32)/t15-/m1/s1. The second-order valence-electron chi connectivity index (χ2n) is 8.01. The number of nitrogens with one attached hydrogen (secondary N) is 1. The number of anilines is 2. The third kappa shape index (κ3) is 4.65. The summed E-state index contributed by atoms with van der Waals surface area (Å²) in [6.45, 7) is 3.75. The molecule has 1 aromatic heterocycles. The molecule has 2 aromatic carbocycles. The first kappa shape index (κ1) is 23.4. The van der Waals surface area contributed by atoms with Gasteiger partial charge in [0.25, 0.3) is 5.69 Å². The lowest BCUT2D eigenvalue weighted by molar-refractivity contribution is -0.383. The third-order valence-corrected chi connectivity index (χ3v) is 6.04. The van der Waals surface area contributed by atoms with Gasteiger partial charge in [-0.1, -0.05) is 12.1 Å². The molecule has 0 aliphatic carbocycles. The summed E-state index contributed by atoms with van der Waals surface area (Å²) in [5.41, 5.74) is -0.342. The van der Waals surface area contributed by atoms with Crippen LogP contribution in [0.3, 0.4) is 0 Å². The minimum absolute atomic E-state index is 0.0186. The van der Waals surface area contributed by atoms with E-state index in [0.29, 0.717) is 37.0 Å². The Balaban J connectivity index is 1.45. The van der Waals surface area contributed by atoms with Gasteiger partial charge in [0.2, 0.25) is 5.91 Å². The highest BCUT2D eigenvalue weighted by Gasteiger charge is 2.34. The van der Waals surface area contributed by atoms with Gasteiger partial charge in [-0.25, -0.2) is 0 Å². The average Bonchev–Trinajstić information content (AvgIpc) is 2.82. The zero-order valence-corrected chi connectivity index (χ0v) is 18.2. The molecular formula is C23H22F3N5O3. The number of piperazine rings is 1. The van der Waals surface area contributed by atoms with Gasteiger partial charge in [-0.3, -0.25) is 24.8 Å². The van der Waals surface area contributed by atoms with E-state index in [-0.39, 0.29) is 11.4 Å². The lowest BCUT2D eigenvalue weighted by atomic mass is 10.1. The molecule has 34 heavy (non-hydrogen) atoms. The number of aromatic nitrogens is 1. The summed E-state index contributed by atoms with van der Waals surface area (Å²) in [7, 11) is 0. The molecule has 4 rings (SSSR count). The number of hydrogen-bond donors (Lipinski definition) is 1. The Labute approximate surface area is 193 Å². The van der Waals surface area contributed by atoms with Crippen molar-refractivity contribution in [3.63, 3.8) is 0 Å². The molecule has 1 aliphatic heterocycles. The van der Waals surface area contributed by atoms with Gasteiger partial charge in [-0.15, -0.1) is 0 Å². The van der Waals surface area contributed by atoms with Gasteiger partial charge < -0.3 is 10.2 Å². The number of nitrogens with zero attached hydrogens (tertiary/aromatic N) is 4. The molecule has 1 amide bonds. The van der Waals surface area contributed by atoms with Crippen LogP contribution in [0.1, 0.15) is 12.5 Å². The van der Waals surface area contributed by atoms with Gasteiger partial charge in [0.15, 0.2) is 0 Å². The SMILES string of the molecule is C[C@H](C(=O)Nc1ccccc1C(F)(F)F)N1CCN(c2ccc([N+](=O)[O-])c3cnccc23)CC1. The number of rotatable bonds is 5. The van der Waals surface area contributed by atoms with Gasteiger partial charge in [-0.05, 0) is 31.2 Å². The number of carbonyl (C=O) groups excluding carboxylic acids is 1. The Hall–Kier alpha value is -3.73. The summed E-state index contributed by atoms with van der Waals surface area (Å²) in [4.78, 5) is 31.6. The summed E-state index contributed by atoms with van der Waals surface area (Å²) in [5.74, 6) is -0.517. The predicted molar refractivity (Wildman–Crippen MR) is 122 cm³/mol. The number of pyridine rings is 1. The molecule has 1 fully saturated rings. The molecular weight excluding hydrogens is 451 g/mol. The third-order valence-electron chi connectivity index (χ3n) is 6.04. The second-order valence-corrected chi connectivity index (χ2v) is 8.01. The second kappa shape index (κ2) is 9.26. The van der Waals surface area contributed by atoms with Crippen molar-refractivity contribution in [1.82, 2.24) is 9.88 Å². The summed E-state index contributed by atoms with van der Waals surface area (Å²) in [5, 5.41) is 14.9. The number of para-hydroxylation sites is 1. The van der Waals surface area contributed by atoms with E-state index in [1.54, 1.807) is 25.3 Å². The molecule has 0 saturated carbocycles. The zero-order valence-electron chi connectivity index (χ0n) is 18.2. The van der Waals surface area contributed by atoms with Crippen molar-refractivity contribution in [3.05, 3.63) is 70.5 Å². The Morgan fingerprint density at radius 2 is 1.79 bits per heavy atom. The van der Waals surface area contributed by atoms with Crippen LogP contribution >= 0.6 is 0 Å². The van der Waals surface area contributed by atoms with E-state index in [1.165, 1.54) is 30.5 Å². The molecule has 8 nitrogen and oxygen atoms in total. The summed E-state index contributed by atoms with van der Waals surface area (Å²) < 4.78 is 39.7. The first-order valence-corrected chi connectivity index (χ1v) is 10.6. The maximum atomic E-state index is 13.2. The first-order valence-electron chi connectivity index (χ1n) is 10.6. The van der Waals surface area contributed by atoms with Gasteiger partial charge in [0.05, 0.1) is 27.6 Å². The lowest BCUT2D eigenvalue weighted by Crippen LogP contribution is -2.53. The molecule has 178 valence electrons. The van der Waals surface area contributed by atoms with Crippen LogP contribution in [-0.4, -0.2) is 52.9 Å². The quantitative estimate of drug-likeness (QED) is 0.439. The lowest BCUT2D eigenvalue weighted by Gasteiger charge is -2.39. The molecule has 1 N–H and O–H groups in total. The fourth-order valence-electron chi connectivity index (χ4n) is 4.19. The fourth-order valence-corrected chi connectivity index (χ4v) is 4.19. The van der Waals surface area contributed by atoms with Crippen molar-refractivity contribution in [2.45, 2.75) is 19.1 Å². The maximum absolute atomic E-state index is 13.2. The van der Waals surface area contributed by atoms with Crippen LogP contribution in [0, 0.1) is 10.1 Å². The number of benzene rings is 2. The number of nitro groups is 1. The largest absolute Gasteiger partial charge is 0.418 e. The van der Waals surface area contributed by atoms with Crippen molar-refractivity contribution in [3.8, 4) is 0 Å². The average molecular weight is 473 g/mol. The van der Waals surface area contributed by atoms with Crippen LogP contribution < -0.4 is 10.2 Å². The number of nitro benzene ring substituents is 1. The van der Waals surface area contributed by atoms with Crippen LogP contribution in [0.2, 0.25) is 0 Å². The van der Waals surface area contributed by atoms with E-state index < -0.39 is 28.6 Å². The monoisotopic (exact) mass is 473 g/mol. The normalized spacial score (nSPS) is 15.8. The van der Waals surface area contributed by atoms with Crippen molar-refractivity contribution < 1.29 is 22.9 Å². The minimum Gasteiger partial charge on any atom is -0.368 e. The van der Waals surface area contributed by atoms with E-state index in [9.17, 15) is 28.1 Å². The minimum atomic E-state index is -4.57. The predicted octanol–water partition coefficient (Wildman–Crippen LogP) is 4.31. The van der Waals surface area contributed by atoms with E-state index >= 15 is 0 Å². The van der Waals surface area contributed by atoms with Crippen molar-refractivity contribution in [2.75, 3.05) is 36.4 Å². The summed E-state index contributed by atoms with van der Waals surface area (Å²) >= 11 is 0. The number of fused-ring (bicyclic) bond motifs is 1. The molecule has 0 radical (unpaired) electrons. The molecule has 11 heteroatoms. The smallest absolute Gasteiger partial charge is 0.368 e.